The fourth-order valence-corrected chi connectivity index (χ4v) is 1.71. The molecule has 0 aliphatic rings. The summed E-state index contributed by atoms with van der Waals surface area (Å²) in [5, 5.41) is 9.07. The predicted octanol–water partition coefficient (Wildman–Crippen LogP) is 1.06. The van der Waals surface area contributed by atoms with E-state index < -0.39 is 5.97 Å². The molecule has 0 unspecified atom stereocenters. The number of imidazole rings is 1. The van der Waals surface area contributed by atoms with Gasteiger partial charge < -0.3 is 5.11 Å². The van der Waals surface area contributed by atoms with Crippen LogP contribution in [0.2, 0.25) is 0 Å². The number of nitrogens with zero attached hydrogens (tertiary/aromatic N) is 2. The van der Waals surface area contributed by atoms with Crippen molar-refractivity contribution in [2.75, 3.05) is 0 Å². The summed E-state index contributed by atoms with van der Waals surface area (Å²) in [6.45, 7) is 0.573. The van der Waals surface area contributed by atoms with Gasteiger partial charge in [-0.25, -0.2) is 13.9 Å². The van der Waals surface area contributed by atoms with Crippen LogP contribution in [-0.4, -0.2) is 15.6 Å². The van der Waals surface area contributed by atoms with Crippen molar-refractivity contribution in [2.45, 2.75) is 6.54 Å². The molecule has 2 rings (SSSR count). The summed E-state index contributed by atoms with van der Waals surface area (Å²) in [6.07, 6.45) is 3.52. The quantitative estimate of drug-likeness (QED) is 0.781. The Morgan fingerprint density at radius 3 is 2.69 bits per heavy atom. The van der Waals surface area contributed by atoms with Crippen LogP contribution in [0.15, 0.2) is 42.7 Å². The molecule has 2 aromatic rings. The van der Waals surface area contributed by atoms with Crippen molar-refractivity contribution >= 4 is 5.97 Å². The van der Waals surface area contributed by atoms with Gasteiger partial charge in [-0.1, -0.05) is 30.3 Å². The Morgan fingerprint density at radius 1 is 1.38 bits per heavy atom. The maximum Gasteiger partial charge on any atom is 0.419 e. The molecule has 0 spiro atoms. The average molecular weight is 217 g/mol. The second-order valence-electron chi connectivity index (χ2n) is 3.65. The van der Waals surface area contributed by atoms with Crippen LogP contribution in [0.4, 0.5) is 0 Å². The van der Waals surface area contributed by atoms with Gasteiger partial charge in [-0.05, 0) is 5.56 Å². The minimum absolute atomic E-state index is 0.281. The lowest BCUT2D eigenvalue weighted by Gasteiger charge is -1.99. The zero-order valence-corrected chi connectivity index (χ0v) is 9.00. The molecule has 0 aliphatic carbocycles. The molecule has 1 N–H and O–H groups in total. The van der Waals surface area contributed by atoms with Gasteiger partial charge in [0.25, 0.3) is 0 Å². The molecule has 0 radical (unpaired) electrons. The molecule has 1 aromatic heterocycles. The lowest BCUT2D eigenvalue weighted by Crippen LogP contribution is -2.35. The first kappa shape index (κ1) is 10.4. The van der Waals surface area contributed by atoms with Gasteiger partial charge in [0, 0.05) is 0 Å². The number of hydrogen-bond acceptors (Lipinski definition) is 1. The van der Waals surface area contributed by atoms with Crippen molar-refractivity contribution < 1.29 is 14.5 Å². The monoisotopic (exact) mass is 217 g/mol. The van der Waals surface area contributed by atoms with Gasteiger partial charge in [-0.2, -0.15) is 0 Å². The van der Waals surface area contributed by atoms with Crippen LogP contribution in [0.3, 0.4) is 0 Å². The highest BCUT2D eigenvalue weighted by molar-refractivity contribution is 5.81. The summed E-state index contributed by atoms with van der Waals surface area (Å²) < 4.78 is 3.32. The third-order valence-electron chi connectivity index (χ3n) is 2.46. The van der Waals surface area contributed by atoms with Crippen LogP contribution in [0.25, 0.3) is 0 Å². The number of hydrogen-bond donors (Lipinski definition) is 1. The molecule has 1 aromatic carbocycles. The summed E-state index contributed by atoms with van der Waals surface area (Å²) in [7, 11) is 1.73. The smallest absolute Gasteiger partial charge is 0.419 e. The summed E-state index contributed by atoms with van der Waals surface area (Å²) >= 11 is 0. The topological polar surface area (TPSA) is 46.1 Å². The third-order valence-corrected chi connectivity index (χ3v) is 2.46. The Hall–Kier alpha value is -2.10. The fraction of sp³-hybridized carbons (Fsp3) is 0.167. The van der Waals surface area contributed by atoms with Gasteiger partial charge in [0.2, 0.25) is 0 Å². The fourth-order valence-electron chi connectivity index (χ4n) is 1.71. The Kier molecular flexibility index (Phi) is 2.72. The molecule has 82 valence electrons. The van der Waals surface area contributed by atoms with Gasteiger partial charge in [-0.15, -0.1) is 0 Å². The Labute approximate surface area is 93.4 Å². The Balaban J connectivity index is 2.32. The second-order valence-corrected chi connectivity index (χ2v) is 3.65. The van der Waals surface area contributed by atoms with Crippen LogP contribution in [0, 0.1) is 0 Å². The zero-order chi connectivity index (χ0) is 11.5. The van der Waals surface area contributed by atoms with Crippen molar-refractivity contribution in [3.63, 3.8) is 0 Å². The molecule has 1 heterocycles. The van der Waals surface area contributed by atoms with E-state index in [1.54, 1.807) is 28.6 Å². The number of aromatic nitrogens is 2. The standard InChI is InChI=1S/C12H12N2O2/c1-13-7-8-14(11(13)12(15)16)9-10-5-3-2-4-6-10/h2-8H,9H2,1H3/p+1. The third kappa shape index (κ3) is 1.95. The van der Waals surface area contributed by atoms with Crippen LogP contribution in [0.5, 0.6) is 0 Å². The lowest BCUT2D eigenvalue weighted by molar-refractivity contribution is -0.673. The number of rotatable bonds is 3. The molecule has 16 heavy (non-hydrogen) atoms. The Bertz CT molecular complexity index is 503. The first-order chi connectivity index (χ1) is 7.68. The van der Waals surface area contributed by atoms with E-state index in [9.17, 15) is 4.79 Å². The number of carboxylic acid groups (broad SMARTS) is 1. The number of carboxylic acids is 1. The average Bonchev–Trinajstić information content (AvgIpc) is 2.61. The van der Waals surface area contributed by atoms with Crippen molar-refractivity contribution in [1.29, 1.82) is 0 Å². The van der Waals surface area contributed by atoms with Crippen molar-refractivity contribution in [3.8, 4) is 0 Å². The van der Waals surface area contributed by atoms with Gasteiger partial charge in [-0.3, -0.25) is 0 Å². The molecule has 0 atom stereocenters. The van der Waals surface area contributed by atoms with Crippen LogP contribution < -0.4 is 4.57 Å². The van der Waals surface area contributed by atoms with E-state index in [0.29, 0.717) is 6.54 Å². The molecular formula is C12H13N2O2+. The molecule has 0 bridgehead atoms. The largest absolute Gasteiger partial charge is 0.472 e. The van der Waals surface area contributed by atoms with Crippen molar-refractivity contribution in [1.82, 2.24) is 4.57 Å². The zero-order valence-electron chi connectivity index (χ0n) is 9.00. The summed E-state index contributed by atoms with van der Waals surface area (Å²) in [5.41, 5.74) is 1.08. The highest BCUT2D eigenvalue weighted by atomic mass is 16.4. The number of carbonyl (C=O) groups is 1. The van der Waals surface area contributed by atoms with E-state index in [2.05, 4.69) is 0 Å². The predicted molar refractivity (Wildman–Crippen MR) is 58.1 cm³/mol. The van der Waals surface area contributed by atoms with E-state index in [1.165, 1.54) is 0 Å². The minimum atomic E-state index is -0.913. The van der Waals surface area contributed by atoms with Gasteiger partial charge in [0.15, 0.2) is 0 Å². The maximum atomic E-state index is 11.1. The molecule has 0 aliphatic heterocycles. The molecule has 0 fully saturated rings. The van der Waals surface area contributed by atoms with E-state index in [4.69, 9.17) is 5.11 Å². The lowest BCUT2D eigenvalue weighted by atomic mass is 10.2. The first-order valence-corrected chi connectivity index (χ1v) is 5.00. The van der Waals surface area contributed by atoms with E-state index in [1.807, 2.05) is 30.3 Å². The molecule has 0 amide bonds. The van der Waals surface area contributed by atoms with Gasteiger partial charge in [0.05, 0.1) is 7.05 Å². The first-order valence-electron chi connectivity index (χ1n) is 5.00. The minimum Gasteiger partial charge on any atom is -0.472 e. The molecule has 4 heteroatoms. The number of benzene rings is 1. The molecule has 0 saturated heterocycles. The number of aryl methyl sites for hydroxylation is 1. The summed E-state index contributed by atoms with van der Waals surface area (Å²) in [6, 6.07) is 9.78. The highest BCUT2D eigenvalue weighted by Crippen LogP contribution is 2.04. The summed E-state index contributed by atoms with van der Waals surface area (Å²) in [4.78, 5) is 11.1. The highest BCUT2D eigenvalue weighted by Gasteiger charge is 2.22. The van der Waals surface area contributed by atoms with E-state index in [0.717, 1.165) is 5.56 Å². The van der Waals surface area contributed by atoms with Crippen LogP contribution >= 0.6 is 0 Å². The van der Waals surface area contributed by atoms with Gasteiger partial charge in [0.1, 0.15) is 18.9 Å². The van der Waals surface area contributed by atoms with E-state index >= 15 is 0 Å². The SMILES string of the molecule is C[n+]1ccn(Cc2ccccc2)c1C(=O)O. The molecule has 4 nitrogen and oxygen atoms in total. The molecular weight excluding hydrogens is 204 g/mol. The van der Waals surface area contributed by atoms with E-state index in [-0.39, 0.29) is 5.82 Å². The van der Waals surface area contributed by atoms with Crippen molar-refractivity contribution in [3.05, 3.63) is 54.1 Å². The second kappa shape index (κ2) is 4.18. The van der Waals surface area contributed by atoms with Crippen molar-refractivity contribution in [2.24, 2.45) is 7.05 Å². The Morgan fingerprint density at radius 2 is 2.06 bits per heavy atom. The molecule has 0 saturated carbocycles. The van der Waals surface area contributed by atoms with Gasteiger partial charge >= 0.3 is 11.8 Å². The normalized spacial score (nSPS) is 10.3. The van der Waals surface area contributed by atoms with Crippen LogP contribution in [-0.2, 0) is 13.6 Å². The number of aromatic carboxylic acids is 1. The maximum absolute atomic E-state index is 11.1. The summed E-state index contributed by atoms with van der Waals surface area (Å²) in [5.74, 6) is -0.632. The van der Waals surface area contributed by atoms with Crippen LogP contribution in [0.1, 0.15) is 16.2 Å².